The van der Waals surface area contributed by atoms with Crippen LogP contribution in [0.1, 0.15) is 55.0 Å². The Morgan fingerprint density at radius 3 is 2.53 bits per heavy atom. The lowest BCUT2D eigenvalue weighted by Gasteiger charge is -2.26. The van der Waals surface area contributed by atoms with Crippen LogP contribution < -0.4 is 5.32 Å². The maximum Gasteiger partial charge on any atom is 0.338 e. The van der Waals surface area contributed by atoms with E-state index < -0.39 is 5.97 Å². The molecule has 0 saturated carbocycles. The topological polar surface area (TPSA) is 79.5 Å². The normalized spacial score (nSPS) is 11.6. The molecule has 0 bridgehead atoms. The van der Waals surface area contributed by atoms with Gasteiger partial charge in [0.25, 0.3) is 5.91 Å². The van der Waals surface area contributed by atoms with E-state index in [0.717, 1.165) is 12.7 Å². The Kier molecular flexibility index (Phi) is 4.75. The number of carboxylic acid groups (broad SMARTS) is 1. The predicted molar refractivity (Wildman–Crippen MR) is 71.2 cm³/mol. The average Bonchev–Trinajstić information content (AvgIpc) is 2.73. The summed E-state index contributed by atoms with van der Waals surface area (Å²) in [6.07, 6.45) is 2.06. The maximum atomic E-state index is 11.8. The van der Waals surface area contributed by atoms with Crippen LogP contribution in [0.4, 0.5) is 0 Å². The summed E-state index contributed by atoms with van der Waals surface area (Å²) < 4.78 is 4.94. The monoisotopic (exact) mass is 267 g/mol. The first kappa shape index (κ1) is 15.3. The summed E-state index contributed by atoms with van der Waals surface area (Å²) in [6.45, 7) is 8.95. The van der Waals surface area contributed by atoms with E-state index >= 15 is 0 Å². The number of carboxylic acids is 1. The molecule has 0 unspecified atom stereocenters. The fourth-order valence-corrected chi connectivity index (χ4v) is 2.15. The van der Waals surface area contributed by atoms with Gasteiger partial charge in [0.15, 0.2) is 5.76 Å². The summed E-state index contributed by atoms with van der Waals surface area (Å²) in [4.78, 5) is 22.5. The number of aromatic carboxylic acids is 1. The molecule has 1 aromatic heterocycles. The van der Waals surface area contributed by atoms with E-state index in [-0.39, 0.29) is 22.6 Å². The number of rotatable bonds is 6. The number of hydrogen-bond donors (Lipinski definition) is 2. The molecule has 1 heterocycles. The van der Waals surface area contributed by atoms with Crippen LogP contribution in [0.25, 0.3) is 0 Å². The molecule has 0 spiro atoms. The van der Waals surface area contributed by atoms with Crippen molar-refractivity contribution in [3.05, 3.63) is 23.7 Å². The Bertz CT molecular complexity index is 460. The molecule has 2 N–H and O–H groups in total. The van der Waals surface area contributed by atoms with Crippen LogP contribution in [0.15, 0.2) is 16.7 Å². The summed E-state index contributed by atoms with van der Waals surface area (Å²) >= 11 is 0. The number of carbonyl (C=O) groups excluding carboxylic acids is 1. The molecular formula is C14H21NO4. The summed E-state index contributed by atoms with van der Waals surface area (Å²) in [7, 11) is 0. The highest BCUT2D eigenvalue weighted by Gasteiger charge is 2.22. The molecule has 1 rings (SSSR count). The molecule has 106 valence electrons. The molecular weight excluding hydrogens is 246 g/mol. The highest BCUT2D eigenvalue weighted by Crippen LogP contribution is 2.24. The van der Waals surface area contributed by atoms with Gasteiger partial charge in [0.1, 0.15) is 6.26 Å². The van der Waals surface area contributed by atoms with Gasteiger partial charge in [0.2, 0.25) is 0 Å². The van der Waals surface area contributed by atoms with Gasteiger partial charge in [-0.15, -0.1) is 0 Å². The fraction of sp³-hybridized carbons (Fsp3) is 0.571. The molecule has 1 aromatic rings. The first-order chi connectivity index (χ1) is 8.71. The van der Waals surface area contributed by atoms with Crippen molar-refractivity contribution in [2.24, 2.45) is 11.3 Å². The first-order valence-corrected chi connectivity index (χ1v) is 6.31. The van der Waals surface area contributed by atoms with Crippen LogP contribution in [-0.2, 0) is 0 Å². The molecule has 0 aliphatic rings. The molecule has 0 aromatic carbocycles. The van der Waals surface area contributed by atoms with Crippen LogP contribution in [0.2, 0.25) is 0 Å². The number of carbonyl (C=O) groups is 2. The molecule has 19 heavy (non-hydrogen) atoms. The van der Waals surface area contributed by atoms with Gasteiger partial charge < -0.3 is 14.8 Å². The second kappa shape index (κ2) is 5.91. The first-order valence-electron chi connectivity index (χ1n) is 6.31. The lowest BCUT2D eigenvalue weighted by Crippen LogP contribution is -2.34. The number of furan rings is 1. The smallest absolute Gasteiger partial charge is 0.338 e. The fourth-order valence-electron chi connectivity index (χ4n) is 2.15. The predicted octanol–water partition coefficient (Wildman–Crippen LogP) is 2.78. The number of amides is 1. The van der Waals surface area contributed by atoms with Crippen molar-refractivity contribution in [2.75, 3.05) is 6.54 Å². The molecule has 0 radical (unpaired) electrons. The zero-order chi connectivity index (χ0) is 14.6. The van der Waals surface area contributed by atoms with Crippen molar-refractivity contribution in [1.82, 2.24) is 5.32 Å². The van der Waals surface area contributed by atoms with Crippen LogP contribution >= 0.6 is 0 Å². The molecule has 5 heteroatoms. The molecule has 5 nitrogen and oxygen atoms in total. The van der Waals surface area contributed by atoms with Crippen LogP contribution in [0.5, 0.6) is 0 Å². The minimum absolute atomic E-state index is 0.00789. The van der Waals surface area contributed by atoms with Crippen LogP contribution in [0.3, 0.4) is 0 Å². The van der Waals surface area contributed by atoms with Crippen molar-refractivity contribution < 1.29 is 19.1 Å². The molecule has 0 aliphatic carbocycles. The third kappa shape index (κ3) is 4.77. The number of nitrogens with one attached hydrogen (secondary N) is 1. The standard InChI is InChI=1S/C14H21NO4/c1-9(2)6-14(3,4)8-15-12(16)11-5-10(7-19-11)13(17)18/h5,7,9H,6,8H2,1-4H3,(H,15,16)(H,17,18). The van der Waals surface area contributed by atoms with E-state index in [1.807, 2.05) is 0 Å². The van der Waals surface area contributed by atoms with E-state index in [0.29, 0.717) is 12.5 Å². The van der Waals surface area contributed by atoms with Gasteiger partial charge in [0, 0.05) is 12.6 Å². The summed E-state index contributed by atoms with van der Waals surface area (Å²) in [5, 5.41) is 11.5. The lowest BCUT2D eigenvalue weighted by molar-refractivity contribution is 0.0696. The second-order valence-corrected chi connectivity index (χ2v) is 5.95. The van der Waals surface area contributed by atoms with Crippen molar-refractivity contribution in [3.8, 4) is 0 Å². The third-order valence-electron chi connectivity index (χ3n) is 2.76. The Morgan fingerprint density at radius 1 is 1.42 bits per heavy atom. The molecule has 1 amide bonds. The van der Waals surface area contributed by atoms with Crippen molar-refractivity contribution in [1.29, 1.82) is 0 Å². The van der Waals surface area contributed by atoms with Gasteiger partial charge in [0.05, 0.1) is 5.56 Å². The highest BCUT2D eigenvalue weighted by molar-refractivity contribution is 5.95. The zero-order valence-electron chi connectivity index (χ0n) is 11.8. The Morgan fingerprint density at radius 2 is 2.05 bits per heavy atom. The quantitative estimate of drug-likeness (QED) is 0.830. The van der Waals surface area contributed by atoms with Gasteiger partial charge in [-0.1, -0.05) is 27.7 Å². The largest absolute Gasteiger partial charge is 0.478 e. The average molecular weight is 267 g/mol. The van der Waals surface area contributed by atoms with E-state index in [1.54, 1.807) is 0 Å². The Balaban J connectivity index is 2.57. The van der Waals surface area contributed by atoms with Gasteiger partial charge >= 0.3 is 5.97 Å². The molecule has 0 aliphatic heterocycles. The molecule has 0 fully saturated rings. The summed E-state index contributed by atoms with van der Waals surface area (Å²) in [5.74, 6) is -0.917. The van der Waals surface area contributed by atoms with Crippen molar-refractivity contribution in [2.45, 2.75) is 34.1 Å². The molecule has 0 atom stereocenters. The van der Waals surface area contributed by atoms with E-state index in [4.69, 9.17) is 9.52 Å². The van der Waals surface area contributed by atoms with Crippen molar-refractivity contribution >= 4 is 11.9 Å². The lowest BCUT2D eigenvalue weighted by atomic mass is 9.84. The second-order valence-electron chi connectivity index (χ2n) is 5.95. The van der Waals surface area contributed by atoms with Crippen LogP contribution in [-0.4, -0.2) is 23.5 Å². The molecule has 0 saturated heterocycles. The van der Waals surface area contributed by atoms with E-state index in [1.165, 1.54) is 6.07 Å². The van der Waals surface area contributed by atoms with Gasteiger partial charge in [-0.3, -0.25) is 4.79 Å². The Labute approximate surface area is 113 Å². The van der Waals surface area contributed by atoms with Crippen molar-refractivity contribution in [3.63, 3.8) is 0 Å². The Hall–Kier alpha value is -1.78. The zero-order valence-corrected chi connectivity index (χ0v) is 11.8. The van der Waals surface area contributed by atoms with E-state index in [9.17, 15) is 9.59 Å². The minimum atomic E-state index is -1.11. The van der Waals surface area contributed by atoms with E-state index in [2.05, 4.69) is 33.0 Å². The van der Waals surface area contributed by atoms with Gasteiger partial charge in [-0.2, -0.15) is 0 Å². The van der Waals surface area contributed by atoms with Gasteiger partial charge in [-0.05, 0) is 17.8 Å². The van der Waals surface area contributed by atoms with Gasteiger partial charge in [-0.25, -0.2) is 4.79 Å². The summed E-state index contributed by atoms with van der Waals surface area (Å²) in [5.41, 5.74) is -0.0296. The highest BCUT2D eigenvalue weighted by atomic mass is 16.4. The maximum absolute atomic E-state index is 11.8. The third-order valence-corrected chi connectivity index (χ3v) is 2.76. The summed E-state index contributed by atoms with van der Waals surface area (Å²) in [6, 6.07) is 1.23. The number of hydrogen-bond acceptors (Lipinski definition) is 3. The van der Waals surface area contributed by atoms with Crippen LogP contribution in [0, 0.1) is 11.3 Å². The SMILES string of the molecule is CC(C)CC(C)(C)CNC(=O)c1cc(C(=O)O)co1. The minimum Gasteiger partial charge on any atom is -0.478 e.